The number of halogens is 1. The van der Waals surface area contributed by atoms with Crippen molar-refractivity contribution in [2.75, 3.05) is 0 Å². The number of aromatic nitrogens is 3. The molecule has 7 heteroatoms. The Hall–Kier alpha value is -3.32. The van der Waals surface area contributed by atoms with E-state index in [0.29, 0.717) is 22.1 Å². The number of nitrogens with zero attached hydrogens (tertiary/aromatic N) is 3. The Balaban J connectivity index is 1.43. The lowest BCUT2D eigenvalue weighted by Gasteiger charge is -2.09. The maximum atomic E-state index is 14.5. The molecule has 1 N–H and O–H groups in total. The van der Waals surface area contributed by atoms with E-state index in [1.165, 1.54) is 17.4 Å². The van der Waals surface area contributed by atoms with Gasteiger partial charge in [0.2, 0.25) is 0 Å². The van der Waals surface area contributed by atoms with Gasteiger partial charge >= 0.3 is 0 Å². The normalized spacial score (nSPS) is 10.8. The van der Waals surface area contributed by atoms with Gasteiger partial charge in [-0.3, -0.25) is 4.79 Å². The molecule has 0 spiro atoms. The molecule has 0 atom stereocenters. The van der Waals surface area contributed by atoms with Crippen molar-refractivity contribution in [1.29, 1.82) is 0 Å². The van der Waals surface area contributed by atoms with Crippen LogP contribution in [0, 0.1) is 12.7 Å². The van der Waals surface area contributed by atoms with Crippen molar-refractivity contribution in [3.05, 3.63) is 88.5 Å². The minimum absolute atomic E-state index is 0.221. The zero-order valence-corrected chi connectivity index (χ0v) is 15.9. The molecule has 0 unspecified atom stereocenters. The first kappa shape index (κ1) is 18.1. The number of carbonyl (C=O) groups is 1. The van der Waals surface area contributed by atoms with Crippen molar-refractivity contribution in [3.8, 4) is 16.9 Å². The molecule has 4 rings (SSSR count). The van der Waals surface area contributed by atoms with Crippen LogP contribution in [0.5, 0.6) is 0 Å². The van der Waals surface area contributed by atoms with E-state index in [1.807, 2.05) is 42.6 Å². The van der Waals surface area contributed by atoms with Gasteiger partial charge in [0.15, 0.2) is 5.01 Å². The van der Waals surface area contributed by atoms with E-state index in [0.717, 1.165) is 11.3 Å². The van der Waals surface area contributed by atoms with Gasteiger partial charge in [-0.25, -0.2) is 14.4 Å². The second kappa shape index (κ2) is 7.74. The summed E-state index contributed by atoms with van der Waals surface area (Å²) in [5.41, 5.74) is 2.83. The first-order chi connectivity index (χ1) is 13.6. The monoisotopic (exact) mass is 392 g/mol. The van der Waals surface area contributed by atoms with E-state index in [4.69, 9.17) is 0 Å². The van der Waals surface area contributed by atoms with Crippen LogP contribution in [0.15, 0.2) is 66.3 Å². The molecule has 0 fully saturated rings. The highest BCUT2D eigenvalue weighted by atomic mass is 32.1. The van der Waals surface area contributed by atoms with Crippen molar-refractivity contribution in [2.45, 2.75) is 13.5 Å². The van der Waals surface area contributed by atoms with Crippen LogP contribution in [0.25, 0.3) is 16.9 Å². The van der Waals surface area contributed by atoms with E-state index in [9.17, 15) is 9.18 Å². The first-order valence-electron chi connectivity index (χ1n) is 8.70. The molecule has 0 aliphatic carbocycles. The molecule has 140 valence electrons. The molecule has 4 aromatic rings. The summed E-state index contributed by atoms with van der Waals surface area (Å²) in [6, 6.07) is 14.6. The lowest BCUT2D eigenvalue weighted by Crippen LogP contribution is -2.22. The summed E-state index contributed by atoms with van der Waals surface area (Å²) in [6.07, 6.45) is 3.34. The van der Waals surface area contributed by atoms with Gasteiger partial charge in [0.25, 0.3) is 5.91 Å². The van der Waals surface area contributed by atoms with E-state index in [1.54, 1.807) is 29.1 Å². The molecule has 1 amide bonds. The molecule has 0 saturated carbocycles. The lowest BCUT2D eigenvalue weighted by molar-refractivity contribution is 0.0950. The predicted molar refractivity (Wildman–Crippen MR) is 107 cm³/mol. The molecule has 0 aliphatic rings. The topological polar surface area (TPSA) is 59.8 Å². The minimum Gasteiger partial charge on any atom is -0.346 e. The summed E-state index contributed by atoms with van der Waals surface area (Å²) in [7, 11) is 0. The Morgan fingerprint density at radius 1 is 1.21 bits per heavy atom. The summed E-state index contributed by atoms with van der Waals surface area (Å²) in [5.74, 6) is 0.0634. The molecule has 2 heterocycles. The van der Waals surface area contributed by atoms with Gasteiger partial charge in [-0.1, -0.05) is 36.4 Å². The van der Waals surface area contributed by atoms with E-state index < -0.39 is 0 Å². The third-order valence-corrected chi connectivity index (χ3v) is 5.16. The van der Waals surface area contributed by atoms with Gasteiger partial charge in [-0.2, -0.15) is 0 Å². The van der Waals surface area contributed by atoms with Crippen LogP contribution in [0.4, 0.5) is 4.39 Å². The van der Waals surface area contributed by atoms with Crippen LogP contribution < -0.4 is 5.32 Å². The molecule has 0 bridgehead atoms. The molecule has 2 aromatic carbocycles. The highest BCUT2D eigenvalue weighted by Crippen LogP contribution is 2.22. The Kier molecular flexibility index (Phi) is 4.99. The number of hydrogen-bond donors (Lipinski definition) is 1. The SMILES string of the molecule is Cc1nccn1-c1ccc(CNC(=O)c2nc(-c3ccccc3)cs2)cc1F. The zero-order valence-electron chi connectivity index (χ0n) is 15.1. The molecule has 28 heavy (non-hydrogen) atoms. The lowest BCUT2D eigenvalue weighted by atomic mass is 10.2. The second-order valence-corrected chi connectivity index (χ2v) is 7.07. The fourth-order valence-corrected chi connectivity index (χ4v) is 3.61. The van der Waals surface area contributed by atoms with Crippen molar-refractivity contribution in [3.63, 3.8) is 0 Å². The summed E-state index contributed by atoms with van der Waals surface area (Å²) >= 11 is 1.29. The largest absolute Gasteiger partial charge is 0.346 e. The summed E-state index contributed by atoms with van der Waals surface area (Å²) in [6.45, 7) is 2.03. The number of aryl methyl sites for hydroxylation is 1. The highest BCUT2D eigenvalue weighted by Gasteiger charge is 2.13. The fraction of sp³-hybridized carbons (Fsp3) is 0.0952. The third-order valence-electron chi connectivity index (χ3n) is 4.32. The standard InChI is InChI=1S/C21H17FN4OS/c1-14-23-9-10-26(14)19-8-7-15(11-17(19)22)12-24-20(27)21-25-18(13-28-21)16-5-3-2-4-6-16/h2-11,13H,12H2,1H3,(H,24,27). The molecule has 2 aromatic heterocycles. The smallest absolute Gasteiger partial charge is 0.280 e. The fourth-order valence-electron chi connectivity index (χ4n) is 2.87. The molecule has 0 saturated heterocycles. The number of nitrogens with one attached hydrogen (secondary N) is 1. The molecular formula is C21H17FN4OS. The van der Waals surface area contributed by atoms with Crippen molar-refractivity contribution >= 4 is 17.2 Å². The maximum Gasteiger partial charge on any atom is 0.280 e. The first-order valence-corrected chi connectivity index (χ1v) is 9.57. The number of hydrogen-bond acceptors (Lipinski definition) is 4. The van der Waals surface area contributed by atoms with Crippen LogP contribution in [0.2, 0.25) is 0 Å². The summed E-state index contributed by atoms with van der Waals surface area (Å²) in [5, 5.41) is 5.03. The Morgan fingerprint density at radius 3 is 2.75 bits per heavy atom. The molecular weight excluding hydrogens is 375 g/mol. The number of rotatable bonds is 5. The second-order valence-electron chi connectivity index (χ2n) is 6.22. The summed E-state index contributed by atoms with van der Waals surface area (Å²) < 4.78 is 16.1. The van der Waals surface area contributed by atoms with E-state index >= 15 is 0 Å². The average Bonchev–Trinajstić information content (AvgIpc) is 3.36. The Morgan fingerprint density at radius 2 is 2.04 bits per heavy atom. The van der Waals surface area contributed by atoms with Crippen LogP contribution in [0.3, 0.4) is 0 Å². The average molecular weight is 392 g/mol. The third kappa shape index (κ3) is 3.70. The molecule has 0 aliphatic heterocycles. The number of imidazole rings is 1. The van der Waals surface area contributed by atoms with Crippen molar-refractivity contribution < 1.29 is 9.18 Å². The number of benzene rings is 2. The van der Waals surface area contributed by atoms with Crippen LogP contribution in [-0.4, -0.2) is 20.4 Å². The van der Waals surface area contributed by atoms with Crippen LogP contribution in [0.1, 0.15) is 21.2 Å². The minimum atomic E-state index is -0.367. The Labute approximate surface area is 165 Å². The number of thiazole rings is 1. The van der Waals surface area contributed by atoms with Gasteiger partial charge in [0.05, 0.1) is 11.4 Å². The summed E-state index contributed by atoms with van der Waals surface area (Å²) in [4.78, 5) is 20.9. The molecule has 5 nitrogen and oxygen atoms in total. The highest BCUT2D eigenvalue weighted by molar-refractivity contribution is 7.12. The van der Waals surface area contributed by atoms with E-state index in [2.05, 4.69) is 15.3 Å². The van der Waals surface area contributed by atoms with Gasteiger partial charge in [-0.15, -0.1) is 11.3 Å². The Bertz CT molecular complexity index is 1120. The van der Waals surface area contributed by atoms with Gasteiger partial charge in [0.1, 0.15) is 11.6 Å². The molecule has 0 radical (unpaired) electrons. The number of amides is 1. The van der Waals surface area contributed by atoms with E-state index in [-0.39, 0.29) is 18.3 Å². The van der Waals surface area contributed by atoms with Gasteiger partial charge in [-0.05, 0) is 24.6 Å². The van der Waals surface area contributed by atoms with Crippen molar-refractivity contribution in [2.24, 2.45) is 0 Å². The van der Waals surface area contributed by atoms with Crippen LogP contribution >= 0.6 is 11.3 Å². The predicted octanol–water partition coefficient (Wildman–Crippen LogP) is 4.37. The van der Waals surface area contributed by atoms with Gasteiger partial charge in [0, 0.05) is 29.9 Å². The van der Waals surface area contributed by atoms with Crippen molar-refractivity contribution in [1.82, 2.24) is 19.9 Å². The zero-order chi connectivity index (χ0) is 19.5. The quantitative estimate of drug-likeness (QED) is 0.549. The maximum absolute atomic E-state index is 14.5. The number of carbonyl (C=O) groups excluding carboxylic acids is 1. The van der Waals surface area contributed by atoms with Gasteiger partial charge < -0.3 is 9.88 Å². The van der Waals surface area contributed by atoms with Crippen LogP contribution in [-0.2, 0) is 6.54 Å².